The SMILES string of the molecule is Cc1ccc(/C(O)=C2\C(=O)C(=O)N(c3cc(C)on3)[C@H]2c2ccc(OC(C)C)cc2)cc1. The van der Waals surface area contributed by atoms with Crippen LogP contribution < -0.4 is 9.64 Å². The molecule has 0 aliphatic carbocycles. The van der Waals surface area contributed by atoms with Gasteiger partial charge in [0.05, 0.1) is 17.7 Å². The first-order valence-corrected chi connectivity index (χ1v) is 10.3. The molecule has 32 heavy (non-hydrogen) atoms. The Balaban J connectivity index is 1.87. The Morgan fingerprint density at radius 1 is 1.06 bits per heavy atom. The van der Waals surface area contributed by atoms with Gasteiger partial charge in [-0.05, 0) is 45.4 Å². The molecule has 1 amide bonds. The van der Waals surface area contributed by atoms with Crippen LogP contribution in [0.2, 0.25) is 0 Å². The van der Waals surface area contributed by atoms with E-state index < -0.39 is 17.7 Å². The highest BCUT2D eigenvalue weighted by molar-refractivity contribution is 6.51. The Morgan fingerprint density at radius 3 is 2.28 bits per heavy atom. The summed E-state index contributed by atoms with van der Waals surface area (Å²) in [4.78, 5) is 27.4. The molecule has 2 aromatic carbocycles. The lowest BCUT2D eigenvalue weighted by Gasteiger charge is -2.23. The molecule has 4 rings (SSSR count). The van der Waals surface area contributed by atoms with Crippen LogP contribution in [0.1, 0.15) is 42.3 Å². The summed E-state index contributed by atoms with van der Waals surface area (Å²) in [5.41, 5.74) is 2.10. The van der Waals surface area contributed by atoms with Gasteiger partial charge >= 0.3 is 5.91 Å². The minimum absolute atomic E-state index is 0.00275. The Kier molecular flexibility index (Phi) is 5.57. The number of carbonyl (C=O) groups is 2. The third-order valence-corrected chi connectivity index (χ3v) is 5.20. The summed E-state index contributed by atoms with van der Waals surface area (Å²) in [6.07, 6.45) is 0.00567. The van der Waals surface area contributed by atoms with E-state index in [9.17, 15) is 14.7 Å². The molecule has 1 saturated heterocycles. The summed E-state index contributed by atoms with van der Waals surface area (Å²) in [5.74, 6) is -0.425. The third kappa shape index (κ3) is 3.89. The van der Waals surface area contributed by atoms with Crippen molar-refractivity contribution in [1.29, 1.82) is 0 Å². The van der Waals surface area contributed by atoms with Crippen molar-refractivity contribution in [1.82, 2.24) is 5.16 Å². The normalized spacial score (nSPS) is 17.9. The fourth-order valence-corrected chi connectivity index (χ4v) is 3.72. The van der Waals surface area contributed by atoms with Gasteiger partial charge in [-0.2, -0.15) is 0 Å². The van der Waals surface area contributed by atoms with E-state index in [4.69, 9.17) is 9.26 Å². The third-order valence-electron chi connectivity index (χ3n) is 5.20. The topological polar surface area (TPSA) is 92.9 Å². The number of anilines is 1. The van der Waals surface area contributed by atoms with E-state index in [0.717, 1.165) is 5.56 Å². The number of benzene rings is 2. The van der Waals surface area contributed by atoms with Gasteiger partial charge in [0.1, 0.15) is 17.3 Å². The maximum atomic E-state index is 13.1. The number of Topliss-reactive ketones (excluding diaryl/α,β-unsaturated/α-hetero) is 1. The molecular formula is C25H24N2O5. The zero-order valence-electron chi connectivity index (χ0n) is 18.3. The molecule has 0 unspecified atom stereocenters. The first kappa shape index (κ1) is 21.4. The van der Waals surface area contributed by atoms with Gasteiger partial charge < -0.3 is 14.4 Å². The summed E-state index contributed by atoms with van der Waals surface area (Å²) in [6, 6.07) is 14.9. The molecule has 3 aromatic rings. The number of nitrogens with zero attached hydrogens (tertiary/aromatic N) is 2. The molecule has 1 fully saturated rings. The number of aromatic nitrogens is 1. The summed E-state index contributed by atoms with van der Waals surface area (Å²) >= 11 is 0. The van der Waals surface area contributed by atoms with Crippen molar-refractivity contribution in [2.75, 3.05) is 4.90 Å². The van der Waals surface area contributed by atoms with Crippen LogP contribution in [-0.2, 0) is 9.59 Å². The number of aryl methyl sites for hydroxylation is 2. The van der Waals surface area contributed by atoms with Crippen molar-refractivity contribution in [3.05, 3.63) is 82.6 Å². The molecule has 1 aromatic heterocycles. The minimum atomic E-state index is -0.867. The summed E-state index contributed by atoms with van der Waals surface area (Å²) < 4.78 is 10.9. The zero-order valence-corrected chi connectivity index (χ0v) is 18.3. The Labute approximate surface area is 185 Å². The van der Waals surface area contributed by atoms with Crippen LogP contribution in [0.25, 0.3) is 5.76 Å². The highest BCUT2D eigenvalue weighted by atomic mass is 16.5. The largest absolute Gasteiger partial charge is 0.507 e. The summed E-state index contributed by atoms with van der Waals surface area (Å²) in [6.45, 7) is 7.48. The Hall–Kier alpha value is -3.87. The molecule has 2 heterocycles. The number of rotatable bonds is 5. The number of ether oxygens (including phenoxy) is 1. The van der Waals surface area contributed by atoms with Gasteiger partial charge in [-0.25, -0.2) is 0 Å². The lowest BCUT2D eigenvalue weighted by Crippen LogP contribution is -2.29. The highest BCUT2D eigenvalue weighted by Gasteiger charge is 2.48. The number of amides is 1. The van der Waals surface area contributed by atoms with Gasteiger partial charge in [0.15, 0.2) is 5.82 Å². The molecular weight excluding hydrogens is 408 g/mol. The maximum Gasteiger partial charge on any atom is 0.301 e. The monoisotopic (exact) mass is 432 g/mol. The Morgan fingerprint density at radius 2 is 1.72 bits per heavy atom. The second-order valence-electron chi connectivity index (χ2n) is 8.07. The molecule has 0 spiro atoms. The molecule has 0 bridgehead atoms. The molecule has 1 aliphatic rings. The van der Waals surface area contributed by atoms with Gasteiger partial charge in [-0.15, -0.1) is 0 Å². The first-order valence-electron chi connectivity index (χ1n) is 10.3. The van der Waals surface area contributed by atoms with E-state index in [1.54, 1.807) is 49.4 Å². The average molecular weight is 432 g/mol. The predicted molar refractivity (Wildman–Crippen MR) is 119 cm³/mol. The number of hydrogen-bond acceptors (Lipinski definition) is 6. The van der Waals surface area contributed by atoms with Crippen molar-refractivity contribution >= 4 is 23.3 Å². The van der Waals surface area contributed by atoms with Crippen LogP contribution in [0.5, 0.6) is 5.75 Å². The summed E-state index contributed by atoms with van der Waals surface area (Å²) in [5, 5.41) is 15.0. The number of hydrogen-bond donors (Lipinski definition) is 1. The van der Waals surface area contributed by atoms with Gasteiger partial charge in [-0.1, -0.05) is 47.1 Å². The smallest absolute Gasteiger partial charge is 0.301 e. The van der Waals surface area contributed by atoms with E-state index in [1.165, 1.54) is 4.90 Å². The fraction of sp³-hybridized carbons (Fsp3) is 0.240. The van der Waals surface area contributed by atoms with Crippen molar-refractivity contribution in [2.24, 2.45) is 0 Å². The number of aliphatic hydroxyl groups is 1. The average Bonchev–Trinajstić information content (AvgIpc) is 3.29. The standard InChI is InChI=1S/C25H24N2O5/c1-14(2)31-19-11-9-17(10-12-19)22-21(23(28)18-7-5-15(3)6-8-18)24(29)25(30)27(22)20-13-16(4)32-26-20/h5-14,22,28H,1-4H3/b23-21+/t22-/m0/s1. The van der Waals surface area contributed by atoms with Gasteiger partial charge in [-0.3, -0.25) is 14.5 Å². The highest BCUT2D eigenvalue weighted by Crippen LogP contribution is 2.42. The van der Waals surface area contributed by atoms with Crippen molar-refractivity contribution in [3.63, 3.8) is 0 Å². The number of ketones is 1. The van der Waals surface area contributed by atoms with E-state index in [0.29, 0.717) is 22.6 Å². The van der Waals surface area contributed by atoms with Gasteiger partial charge in [0.25, 0.3) is 5.78 Å². The number of aliphatic hydroxyl groups excluding tert-OH is 1. The molecule has 0 saturated carbocycles. The fourth-order valence-electron chi connectivity index (χ4n) is 3.72. The van der Waals surface area contributed by atoms with Crippen LogP contribution in [0.3, 0.4) is 0 Å². The van der Waals surface area contributed by atoms with E-state index in [1.807, 2.05) is 32.9 Å². The molecule has 0 radical (unpaired) electrons. The first-order chi connectivity index (χ1) is 15.3. The number of carbonyl (C=O) groups excluding carboxylic acids is 2. The molecule has 1 aliphatic heterocycles. The van der Waals surface area contributed by atoms with E-state index >= 15 is 0 Å². The van der Waals surface area contributed by atoms with Crippen molar-refractivity contribution < 1.29 is 24.0 Å². The molecule has 1 atom stereocenters. The second kappa shape index (κ2) is 8.34. The van der Waals surface area contributed by atoms with Crippen LogP contribution in [-0.4, -0.2) is 28.1 Å². The van der Waals surface area contributed by atoms with Crippen molar-refractivity contribution in [3.8, 4) is 5.75 Å². The van der Waals surface area contributed by atoms with Crippen molar-refractivity contribution in [2.45, 2.75) is 39.8 Å². The van der Waals surface area contributed by atoms with Crippen LogP contribution >= 0.6 is 0 Å². The lowest BCUT2D eigenvalue weighted by atomic mass is 9.95. The van der Waals surface area contributed by atoms with Crippen LogP contribution in [0.15, 0.2) is 64.7 Å². The molecule has 164 valence electrons. The van der Waals surface area contributed by atoms with Gasteiger partial charge in [0, 0.05) is 11.6 Å². The van der Waals surface area contributed by atoms with E-state index in [2.05, 4.69) is 5.16 Å². The van der Waals surface area contributed by atoms with Crippen LogP contribution in [0, 0.1) is 13.8 Å². The maximum absolute atomic E-state index is 13.1. The predicted octanol–water partition coefficient (Wildman–Crippen LogP) is 4.70. The van der Waals surface area contributed by atoms with Crippen LogP contribution in [0.4, 0.5) is 5.82 Å². The Bertz CT molecular complexity index is 1190. The second-order valence-corrected chi connectivity index (χ2v) is 8.07. The molecule has 7 nitrogen and oxygen atoms in total. The lowest BCUT2D eigenvalue weighted by molar-refractivity contribution is -0.132. The summed E-state index contributed by atoms with van der Waals surface area (Å²) in [7, 11) is 0. The van der Waals surface area contributed by atoms with E-state index in [-0.39, 0.29) is 23.3 Å². The minimum Gasteiger partial charge on any atom is -0.507 e. The molecule has 7 heteroatoms. The molecule has 1 N–H and O–H groups in total. The quantitative estimate of drug-likeness (QED) is 0.357. The zero-order chi connectivity index (χ0) is 23.0. The van der Waals surface area contributed by atoms with Gasteiger partial charge in [0.2, 0.25) is 0 Å².